The number of rotatable bonds is 3. The summed E-state index contributed by atoms with van der Waals surface area (Å²) in [5.74, 6) is 0.617. The number of carbonyl (C=O) groups excluding carboxylic acids is 1. The first kappa shape index (κ1) is 20.9. The third-order valence-corrected chi connectivity index (χ3v) is 5.23. The van der Waals surface area contributed by atoms with Crippen LogP contribution in [0.25, 0.3) is 22.2 Å². The Bertz CT molecular complexity index is 1080. The maximum atomic E-state index is 11.9. The van der Waals surface area contributed by atoms with E-state index in [1.54, 1.807) is 38.0 Å². The molecule has 0 atom stereocenters. The van der Waals surface area contributed by atoms with Gasteiger partial charge in [-0.3, -0.25) is 0 Å². The van der Waals surface area contributed by atoms with Gasteiger partial charge in [-0.25, -0.2) is 14.8 Å². The lowest BCUT2D eigenvalue weighted by atomic mass is 10.1. The molecule has 9 nitrogen and oxygen atoms in total. The van der Waals surface area contributed by atoms with Crippen LogP contribution in [0.15, 0.2) is 36.8 Å². The zero-order valence-corrected chi connectivity index (χ0v) is 17.9. The minimum absolute atomic E-state index is 0.168. The summed E-state index contributed by atoms with van der Waals surface area (Å²) in [5.41, 5.74) is 8.22. The van der Waals surface area contributed by atoms with Crippen molar-refractivity contribution < 1.29 is 19.5 Å². The van der Waals surface area contributed by atoms with Crippen molar-refractivity contribution >= 4 is 23.0 Å². The molecular formula is C22H27N5O4. The Morgan fingerprint density at radius 3 is 2.48 bits per heavy atom. The van der Waals surface area contributed by atoms with Gasteiger partial charge in [0.25, 0.3) is 0 Å². The third-order valence-electron chi connectivity index (χ3n) is 5.23. The smallest absolute Gasteiger partial charge is 0.508 e. The Morgan fingerprint density at radius 2 is 1.84 bits per heavy atom. The van der Waals surface area contributed by atoms with Crippen molar-refractivity contribution in [1.82, 2.24) is 19.6 Å². The molecule has 3 heterocycles. The zero-order chi connectivity index (χ0) is 22.2. The fourth-order valence-electron chi connectivity index (χ4n) is 3.83. The minimum atomic E-state index is -0.688. The highest BCUT2D eigenvalue weighted by atomic mass is 16.8. The van der Waals surface area contributed by atoms with Gasteiger partial charge in [-0.1, -0.05) is 12.1 Å². The van der Waals surface area contributed by atoms with Gasteiger partial charge in [-0.05, 0) is 51.3 Å². The van der Waals surface area contributed by atoms with E-state index in [-0.39, 0.29) is 11.8 Å². The van der Waals surface area contributed by atoms with E-state index in [0.29, 0.717) is 18.9 Å². The number of phenols is 1. The van der Waals surface area contributed by atoms with Crippen LogP contribution < -0.4 is 5.73 Å². The van der Waals surface area contributed by atoms with Crippen LogP contribution in [0.4, 0.5) is 10.6 Å². The maximum Gasteiger partial charge on any atom is 0.528 e. The monoisotopic (exact) mass is 425 g/mol. The number of nitrogens with two attached hydrogens (primary N) is 1. The van der Waals surface area contributed by atoms with Gasteiger partial charge in [0.2, 0.25) is 0 Å². The molecule has 1 aliphatic rings. The van der Waals surface area contributed by atoms with Crippen molar-refractivity contribution in [3.8, 4) is 16.9 Å². The number of hydrogen-bond acceptors (Lipinski definition) is 8. The molecule has 1 fully saturated rings. The van der Waals surface area contributed by atoms with Gasteiger partial charge in [0.15, 0.2) is 0 Å². The number of fused-ring (bicyclic) bond motifs is 1. The zero-order valence-electron chi connectivity index (χ0n) is 17.9. The second-order valence-electron chi connectivity index (χ2n) is 8.67. The maximum absolute atomic E-state index is 11.9. The Kier molecular flexibility index (Phi) is 5.45. The highest BCUT2D eigenvalue weighted by molar-refractivity contribution is 6.00. The number of benzene rings is 1. The Labute approximate surface area is 180 Å². The first-order valence-corrected chi connectivity index (χ1v) is 10.3. The van der Waals surface area contributed by atoms with Gasteiger partial charge in [0, 0.05) is 30.9 Å². The van der Waals surface area contributed by atoms with Crippen LogP contribution in [0.5, 0.6) is 5.75 Å². The second-order valence-corrected chi connectivity index (χ2v) is 8.67. The molecule has 3 N–H and O–H groups in total. The summed E-state index contributed by atoms with van der Waals surface area (Å²) in [6.45, 7) is 6.57. The van der Waals surface area contributed by atoms with E-state index >= 15 is 0 Å². The summed E-state index contributed by atoms with van der Waals surface area (Å²) >= 11 is 0. The van der Waals surface area contributed by atoms with Crippen molar-refractivity contribution in [2.24, 2.45) is 0 Å². The molecule has 1 aromatic carbocycles. The van der Waals surface area contributed by atoms with Crippen LogP contribution in [-0.2, 0) is 9.57 Å². The molecule has 0 aliphatic carbocycles. The van der Waals surface area contributed by atoms with Crippen LogP contribution in [0.3, 0.4) is 0 Å². The number of nitrogen functional groups attached to an aromatic ring is 1. The van der Waals surface area contributed by atoms with Crippen LogP contribution in [0.2, 0.25) is 0 Å². The molecule has 2 aromatic heterocycles. The van der Waals surface area contributed by atoms with Gasteiger partial charge in [-0.2, -0.15) is 0 Å². The number of nitrogens with zero attached hydrogens (tertiary/aromatic N) is 4. The van der Waals surface area contributed by atoms with Crippen LogP contribution in [-0.4, -0.2) is 49.6 Å². The average Bonchev–Trinajstić information content (AvgIpc) is 3.09. The van der Waals surface area contributed by atoms with Crippen molar-refractivity contribution in [2.75, 3.05) is 18.8 Å². The van der Waals surface area contributed by atoms with Crippen molar-refractivity contribution in [2.45, 2.75) is 45.3 Å². The highest BCUT2D eigenvalue weighted by Crippen LogP contribution is 2.37. The number of carbonyl (C=O) groups is 1. The molecule has 0 saturated carbocycles. The summed E-state index contributed by atoms with van der Waals surface area (Å²) in [7, 11) is 0. The lowest BCUT2D eigenvalue weighted by Crippen LogP contribution is -2.38. The quantitative estimate of drug-likeness (QED) is 0.607. The third kappa shape index (κ3) is 4.56. The molecule has 0 bridgehead atoms. The number of aromatic hydroxyl groups is 1. The first-order chi connectivity index (χ1) is 14.7. The molecule has 0 unspecified atom stereocenters. The molecule has 1 aliphatic heterocycles. The van der Waals surface area contributed by atoms with E-state index in [2.05, 4.69) is 14.5 Å². The summed E-state index contributed by atoms with van der Waals surface area (Å²) in [4.78, 5) is 25.9. The summed E-state index contributed by atoms with van der Waals surface area (Å²) in [6, 6.07) is 7.15. The molecule has 0 spiro atoms. The highest BCUT2D eigenvalue weighted by Gasteiger charge is 2.27. The first-order valence-electron chi connectivity index (χ1n) is 10.3. The topological polar surface area (TPSA) is 116 Å². The van der Waals surface area contributed by atoms with E-state index in [1.165, 1.54) is 6.33 Å². The lowest BCUT2D eigenvalue weighted by Gasteiger charge is -2.31. The normalized spacial score (nSPS) is 15.8. The van der Waals surface area contributed by atoms with Gasteiger partial charge >= 0.3 is 6.16 Å². The van der Waals surface area contributed by atoms with E-state index < -0.39 is 11.8 Å². The lowest BCUT2D eigenvalue weighted by molar-refractivity contribution is -0.154. The van der Waals surface area contributed by atoms with E-state index in [0.717, 1.165) is 35.0 Å². The summed E-state index contributed by atoms with van der Waals surface area (Å²) in [6.07, 6.45) is 4.36. The van der Waals surface area contributed by atoms with Gasteiger partial charge in [0.1, 0.15) is 29.1 Å². The Hall–Kier alpha value is -3.33. The minimum Gasteiger partial charge on any atom is -0.508 e. The van der Waals surface area contributed by atoms with Gasteiger partial charge < -0.3 is 25.0 Å². The number of hydrogen-bond donors (Lipinski definition) is 2. The predicted octanol–water partition coefficient (Wildman–Crippen LogP) is 3.89. The molecule has 31 heavy (non-hydrogen) atoms. The number of aromatic nitrogens is 3. The Morgan fingerprint density at radius 1 is 1.16 bits per heavy atom. The molecule has 4 rings (SSSR count). The van der Waals surface area contributed by atoms with Gasteiger partial charge in [0.05, 0.1) is 5.39 Å². The van der Waals surface area contributed by atoms with Crippen molar-refractivity contribution in [3.63, 3.8) is 0 Å². The van der Waals surface area contributed by atoms with E-state index in [1.807, 2.05) is 18.3 Å². The van der Waals surface area contributed by atoms with Crippen molar-refractivity contribution in [1.29, 1.82) is 0 Å². The largest absolute Gasteiger partial charge is 0.528 e. The molecule has 164 valence electrons. The van der Waals surface area contributed by atoms with Crippen LogP contribution in [0.1, 0.15) is 39.7 Å². The van der Waals surface area contributed by atoms with E-state index in [9.17, 15) is 9.90 Å². The number of piperidine rings is 1. The second kappa shape index (κ2) is 8.07. The van der Waals surface area contributed by atoms with Gasteiger partial charge in [-0.15, -0.1) is 5.06 Å². The fraction of sp³-hybridized carbons (Fsp3) is 0.409. The van der Waals surface area contributed by atoms with E-state index in [4.69, 9.17) is 15.3 Å². The fourth-order valence-corrected chi connectivity index (χ4v) is 3.83. The number of anilines is 1. The van der Waals surface area contributed by atoms with Crippen molar-refractivity contribution in [3.05, 3.63) is 36.8 Å². The molecule has 0 amide bonds. The molecule has 9 heteroatoms. The predicted molar refractivity (Wildman–Crippen MR) is 116 cm³/mol. The summed E-state index contributed by atoms with van der Waals surface area (Å²) < 4.78 is 7.35. The Balaban J connectivity index is 1.55. The van der Waals surface area contributed by atoms with Crippen LogP contribution in [0, 0.1) is 0 Å². The standard InChI is InChI=1S/C22H27N5O4/c1-22(2,3)30-21(29)31-26-10-8-15(9-11-26)27-12-17(14-4-6-16(28)7-5-14)18-19(23)24-13-25-20(18)27/h4-7,12-13,15,28H,8-11H2,1-3H3,(H2,23,24,25). The average molecular weight is 425 g/mol. The number of hydroxylamine groups is 2. The molecule has 3 aromatic rings. The SMILES string of the molecule is CC(C)(C)OC(=O)ON1CCC(n2cc(-c3ccc(O)cc3)c3c(N)ncnc32)CC1. The van der Waals surface area contributed by atoms with Crippen LogP contribution >= 0.6 is 0 Å². The molecule has 0 radical (unpaired) electrons. The number of phenolic OH excluding ortho intramolecular Hbond substituents is 1. The molecule has 1 saturated heterocycles. The summed E-state index contributed by atoms with van der Waals surface area (Å²) in [5, 5.41) is 12.1. The number of ether oxygens (including phenoxy) is 1. The molecular weight excluding hydrogens is 398 g/mol.